The first-order valence-corrected chi connectivity index (χ1v) is 11.0. The minimum Gasteiger partial charge on any atom is -0.376 e. The van der Waals surface area contributed by atoms with Crippen molar-refractivity contribution in [2.75, 3.05) is 13.2 Å². The maximum atomic E-state index is 13.2. The molecule has 1 fully saturated rings. The summed E-state index contributed by atoms with van der Waals surface area (Å²) in [7, 11) is 0. The average Bonchev–Trinajstić information content (AvgIpc) is 3.35. The number of aromatic nitrogens is 3. The zero-order chi connectivity index (χ0) is 25.2. The van der Waals surface area contributed by atoms with E-state index in [0.717, 1.165) is 39.8 Å². The van der Waals surface area contributed by atoms with Crippen LogP contribution in [0.25, 0.3) is 5.69 Å². The monoisotopic (exact) mass is 488 g/mol. The van der Waals surface area contributed by atoms with Crippen LogP contribution in [-0.4, -0.2) is 39.5 Å². The van der Waals surface area contributed by atoms with Crippen LogP contribution in [-0.2, 0) is 17.5 Å². The lowest BCUT2D eigenvalue weighted by Crippen LogP contribution is -2.46. The summed E-state index contributed by atoms with van der Waals surface area (Å²) in [6, 6.07) is 10.8. The lowest BCUT2D eigenvalue weighted by atomic mass is 10.1. The fourth-order valence-corrected chi connectivity index (χ4v) is 3.73. The lowest BCUT2D eigenvalue weighted by molar-refractivity contribution is -0.137. The molecule has 1 atom stereocenters. The molecule has 1 amide bonds. The third-order valence-electron chi connectivity index (χ3n) is 5.69. The second-order valence-electron chi connectivity index (χ2n) is 8.31. The quantitative estimate of drug-likeness (QED) is 0.576. The number of carbonyl (C=O) groups excluding carboxylic acids is 1. The molecule has 4 rings (SSSR count). The Labute approximate surface area is 198 Å². The fraction of sp³-hybridized carbons (Fsp3) is 0.333. The number of hydrogen-bond acceptors (Lipinski definition) is 5. The molecule has 1 aliphatic heterocycles. The Morgan fingerprint density at radius 3 is 2.40 bits per heavy atom. The van der Waals surface area contributed by atoms with Gasteiger partial charge in [-0.25, -0.2) is 4.79 Å². The maximum Gasteiger partial charge on any atom is 0.416 e. The summed E-state index contributed by atoms with van der Waals surface area (Å²) >= 11 is 0. The van der Waals surface area contributed by atoms with Crippen molar-refractivity contribution in [2.24, 2.45) is 0 Å². The molecule has 0 spiro atoms. The molecule has 184 valence electrons. The number of nitrogens with zero attached hydrogens (tertiary/aromatic N) is 3. The van der Waals surface area contributed by atoms with E-state index in [1.165, 1.54) is 12.1 Å². The molecule has 0 bridgehead atoms. The van der Waals surface area contributed by atoms with Crippen molar-refractivity contribution >= 4 is 5.91 Å². The van der Waals surface area contributed by atoms with Crippen molar-refractivity contribution in [2.45, 2.75) is 38.6 Å². The number of benzene rings is 2. The number of ether oxygens (including phenoxy) is 1. The average molecular weight is 488 g/mol. The number of carbonyl (C=O) groups is 1. The van der Waals surface area contributed by atoms with E-state index in [1.54, 1.807) is 24.3 Å². The summed E-state index contributed by atoms with van der Waals surface area (Å²) in [4.78, 5) is 39.1. The number of amides is 1. The third-order valence-corrected chi connectivity index (χ3v) is 5.69. The van der Waals surface area contributed by atoms with Gasteiger partial charge in [0.2, 0.25) is 5.69 Å². The topological polar surface area (TPSA) is 95.2 Å². The van der Waals surface area contributed by atoms with Crippen LogP contribution in [0.4, 0.5) is 13.2 Å². The van der Waals surface area contributed by atoms with Crippen LogP contribution < -0.4 is 16.6 Å². The van der Waals surface area contributed by atoms with E-state index >= 15 is 0 Å². The van der Waals surface area contributed by atoms with E-state index in [0.29, 0.717) is 12.3 Å². The van der Waals surface area contributed by atoms with Crippen LogP contribution in [0.3, 0.4) is 0 Å². The van der Waals surface area contributed by atoms with Gasteiger partial charge >= 0.3 is 11.9 Å². The summed E-state index contributed by atoms with van der Waals surface area (Å²) in [5.41, 5.74) is -1.59. The van der Waals surface area contributed by atoms with E-state index < -0.39 is 34.6 Å². The van der Waals surface area contributed by atoms with Crippen LogP contribution in [0, 0.1) is 6.92 Å². The fourth-order valence-electron chi connectivity index (χ4n) is 3.73. The molecule has 1 aliphatic rings. The van der Waals surface area contributed by atoms with Gasteiger partial charge in [0, 0.05) is 13.2 Å². The number of nitrogens with one attached hydrogen (secondary N) is 1. The van der Waals surface area contributed by atoms with Gasteiger partial charge in [0.05, 0.1) is 23.9 Å². The van der Waals surface area contributed by atoms with Gasteiger partial charge in [-0.05, 0) is 49.6 Å². The van der Waals surface area contributed by atoms with Crippen LogP contribution in [0.2, 0.25) is 0 Å². The Morgan fingerprint density at radius 2 is 1.80 bits per heavy atom. The van der Waals surface area contributed by atoms with Gasteiger partial charge in [0.1, 0.15) is 0 Å². The Morgan fingerprint density at radius 1 is 1.11 bits per heavy atom. The summed E-state index contributed by atoms with van der Waals surface area (Å²) in [5.74, 6) is -0.771. The number of rotatable bonds is 6. The smallest absolute Gasteiger partial charge is 0.376 e. The largest absolute Gasteiger partial charge is 0.416 e. The zero-order valence-electron chi connectivity index (χ0n) is 18.8. The van der Waals surface area contributed by atoms with Gasteiger partial charge in [0.15, 0.2) is 0 Å². The first-order chi connectivity index (χ1) is 16.6. The lowest BCUT2D eigenvalue weighted by Gasteiger charge is -2.14. The van der Waals surface area contributed by atoms with Crippen LogP contribution in [0.5, 0.6) is 0 Å². The van der Waals surface area contributed by atoms with Crippen molar-refractivity contribution in [3.8, 4) is 5.69 Å². The van der Waals surface area contributed by atoms with E-state index in [1.807, 2.05) is 6.92 Å². The van der Waals surface area contributed by atoms with Crippen LogP contribution >= 0.6 is 0 Å². The highest BCUT2D eigenvalue weighted by atomic mass is 19.4. The van der Waals surface area contributed by atoms with Crippen molar-refractivity contribution in [3.05, 3.63) is 91.8 Å². The van der Waals surface area contributed by atoms with E-state index in [9.17, 15) is 27.6 Å². The minimum absolute atomic E-state index is 0.170. The molecular weight excluding hydrogens is 465 g/mol. The van der Waals surface area contributed by atoms with E-state index in [2.05, 4.69) is 10.4 Å². The standard InChI is InChI=1S/C24H23F3N4O4/c1-15-4-10-18(11-5-15)31-23(34)30(14-16-6-8-17(9-7-16)24(25,26)27)22(33)20(29-31)21(32)28-13-19-3-2-12-35-19/h4-11,19H,2-3,12-14H2,1H3,(H,28,32). The summed E-state index contributed by atoms with van der Waals surface area (Å²) < 4.78 is 45.9. The number of halogens is 3. The molecule has 0 radical (unpaired) electrons. The molecule has 2 aromatic carbocycles. The Bertz CT molecular complexity index is 1320. The normalized spacial score (nSPS) is 15.8. The molecule has 1 N–H and O–H groups in total. The summed E-state index contributed by atoms with van der Waals surface area (Å²) in [6.45, 7) is 2.30. The first-order valence-electron chi connectivity index (χ1n) is 11.0. The Hall–Kier alpha value is -3.73. The predicted octanol–water partition coefficient (Wildman–Crippen LogP) is 2.68. The van der Waals surface area contributed by atoms with Gasteiger partial charge < -0.3 is 10.1 Å². The molecule has 11 heteroatoms. The highest BCUT2D eigenvalue weighted by Crippen LogP contribution is 2.29. The zero-order valence-corrected chi connectivity index (χ0v) is 18.8. The highest BCUT2D eigenvalue weighted by Gasteiger charge is 2.30. The molecule has 8 nitrogen and oxygen atoms in total. The van der Waals surface area contributed by atoms with Crippen molar-refractivity contribution in [1.29, 1.82) is 0 Å². The third kappa shape index (κ3) is 5.51. The van der Waals surface area contributed by atoms with Crippen LogP contribution in [0.15, 0.2) is 58.1 Å². The molecule has 3 aromatic rings. The summed E-state index contributed by atoms with van der Waals surface area (Å²) in [5, 5.41) is 6.66. The number of alkyl halides is 3. The van der Waals surface area contributed by atoms with Crippen LogP contribution in [0.1, 0.15) is 40.0 Å². The predicted molar refractivity (Wildman–Crippen MR) is 121 cm³/mol. The maximum absolute atomic E-state index is 13.2. The van der Waals surface area contributed by atoms with Gasteiger partial charge in [-0.15, -0.1) is 0 Å². The highest BCUT2D eigenvalue weighted by molar-refractivity contribution is 5.91. The molecule has 1 unspecified atom stereocenters. The van der Waals surface area contributed by atoms with E-state index in [-0.39, 0.29) is 24.8 Å². The molecule has 2 heterocycles. The van der Waals surface area contributed by atoms with Crippen molar-refractivity contribution in [1.82, 2.24) is 19.7 Å². The molecule has 35 heavy (non-hydrogen) atoms. The first kappa shape index (κ1) is 24.4. The molecule has 0 saturated carbocycles. The summed E-state index contributed by atoms with van der Waals surface area (Å²) in [6.07, 6.45) is -3.04. The molecule has 1 aromatic heterocycles. The molecule has 0 aliphatic carbocycles. The second-order valence-corrected chi connectivity index (χ2v) is 8.31. The van der Waals surface area contributed by atoms with Gasteiger partial charge in [-0.2, -0.15) is 23.0 Å². The Balaban J connectivity index is 1.73. The SMILES string of the molecule is Cc1ccc(-n2nc(C(=O)NCC3CCCO3)c(=O)n(Cc3ccc(C(F)(F)F)cc3)c2=O)cc1. The van der Waals surface area contributed by atoms with Gasteiger partial charge in [0.25, 0.3) is 11.5 Å². The van der Waals surface area contributed by atoms with Gasteiger partial charge in [-0.3, -0.25) is 14.2 Å². The van der Waals surface area contributed by atoms with E-state index in [4.69, 9.17) is 4.74 Å². The molecule has 1 saturated heterocycles. The minimum atomic E-state index is -4.52. The van der Waals surface area contributed by atoms with Crippen molar-refractivity contribution < 1.29 is 22.7 Å². The second kappa shape index (κ2) is 9.87. The van der Waals surface area contributed by atoms with Crippen molar-refractivity contribution in [3.63, 3.8) is 0 Å². The number of aryl methyl sites for hydroxylation is 1. The Kier molecular flexibility index (Phi) is 6.88. The molecular formula is C24H23F3N4O4. The van der Waals surface area contributed by atoms with Gasteiger partial charge in [-0.1, -0.05) is 29.8 Å². The number of hydrogen-bond donors (Lipinski definition) is 1.